The molecular formula is C17H22BNO4. The second kappa shape index (κ2) is 8.53. The van der Waals surface area contributed by atoms with E-state index in [0.717, 1.165) is 5.56 Å². The molecule has 0 saturated carbocycles. The van der Waals surface area contributed by atoms with Crippen molar-refractivity contribution < 1.29 is 19.3 Å². The molecule has 1 aliphatic rings. The molecule has 0 aromatic heterocycles. The number of nitrogens with one attached hydrogen (secondary N) is 1. The predicted octanol–water partition coefficient (Wildman–Crippen LogP) is 2.08. The Bertz CT molecular complexity index is 561. The minimum absolute atomic E-state index is 0.0284. The lowest BCUT2D eigenvalue weighted by Crippen LogP contribution is -2.48. The fraction of sp³-hybridized carbons (Fsp3) is 0.412. The third kappa shape index (κ3) is 5.91. The number of hydrogen-bond acceptors (Lipinski definition) is 3. The minimum Gasteiger partial charge on any atom is -0.481 e. The van der Waals surface area contributed by atoms with Gasteiger partial charge in [0.2, 0.25) is 5.91 Å². The van der Waals surface area contributed by atoms with E-state index < -0.39 is 5.97 Å². The van der Waals surface area contributed by atoms with E-state index in [1.165, 1.54) is 0 Å². The Labute approximate surface area is 136 Å². The maximum absolute atomic E-state index is 12.2. The van der Waals surface area contributed by atoms with Crippen molar-refractivity contribution >= 4 is 18.8 Å². The summed E-state index contributed by atoms with van der Waals surface area (Å²) in [5, 5.41) is 11.9. The number of rotatable bonds is 5. The van der Waals surface area contributed by atoms with Crippen LogP contribution in [0.3, 0.4) is 0 Å². The molecule has 0 spiro atoms. The summed E-state index contributed by atoms with van der Waals surface area (Å²) in [6, 6.07) is 9.56. The molecule has 23 heavy (non-hydrogen) atoms. The van der Waals surface area contributed by atoms with Crippen LogP contribution < -0.4 is 5.32 Å². The summed E-state index contributed by atoms with van der Waals surface area (Å²) >= 11 is 0. The Hall–Kier alpha value is -2.08. The van der Waals surface area contributed by atoms with Gasteiger partial charge in [0.25, 0.3) is 0 Å². The third-order valence-corrected chi connectivity index (χ3v) is 3.89. The van der Waals surface area contributed by atoms with Crippen molar-refractivity contribution in [3.8, 4) is 0 Å². The first-order valence-electron chi connectivity index (χ1n) is 7.90. The zero-order chi connectivity index (χ0) is 16.7. The van der Waals surface area contributed by atoms with Crippen LogP contribution in [0.2, 0.25) is 6.82 Å². The maximum atomic E-state index is 12.2. The number of carbonyl (C=O) groups excluding carboxylic acids is 1. The topological polar surface area (TPSA) is 75.6 Å². The van der Waals surface area contributed by atoms with Crippen LogP contribution in [0.25, 0.3) is 0 Å². The van der Waals surface area contributed by atoms with E-state index in [4.69, 9.17) is 9.76 Å². The van der Waals surface area contributed by atoms with Gasteiger partial charge in [-0.3, -0.25) is 9.59 Å². The summed E-state index contributed by atoms with van der Waals surface area (Å²) in [5.41, 5.74) is 0.962. The van der Waals surface area contributed by atoms with Crippen molar-refractivity contribution in [2.75, 3.05) is 0 Å². The molecule has 1 aromatic rings. The molecule has 0 fully saturated rings. The maximum Gasteiger partial charge on any atom is 0.313 e. The molecule has 0 radical (unpaired) electrons. The lowest BCUT2D eigenvalue weighted by molar-refractivity contribution is -0.138. The van der Waals surface area contributed by atoms with Gasteiger partial charge < -0.3 is 15.1 Å². The number of carboxylic acid groups (broad SMARTS) is 1. The first kappa shape index (κ1) is 17.3. The van der Waals surface area contributed by atoms with Crippen LogP contribution in [0, 0.1) is 0 Å². The van der Waals surface area contributed by atoms with Gasteiger partial charge in [0.1, 0.15) is 0 Å². The van der Waals surface area contributed by atoms with Crippen molar-refractivity contribution in [2.24, 2.45) is 0 Å². The fourth-order valence-electron chi connectivity index (χ4n) is 2.68. The molecule has 2 rings (SSSR count). The average Bonchev–Trinajstić information content (AvgIpc) is 2.49. The summed E-state index contributed by atoms with van der Waals surface area (Å²) < 4.78 is 5.82. The molecule has 2 atom stereocenters. The summed E-state index contributed by atoms with van der Waals surface area (Å²) in [6.45, 7) is 1.64. The predicted molar refractivity (Wildman–Crippen MR) is 89.2 cm³/mol. The Morgan fingerprint density at radius 3 is 2.65 bits per heavy atom. The summed E-state index contributed by atoms with van der Waals surface area (Å²) in [4.78, 5) is 23.1. The van der Waals surface area contributed by atoms with Crippen LogP contribution in [0.5, 0.6) is 0 Å². The van der Waals surface area contributed by atoms with Crippen molar-refractivity contribution in [3.63, 3.8) is 0 Å². The average molecular weight is 315 g/mol. The minimum atomic E-state index is -0.874. The van der Waals surface area contributed by atoms with Gasteiger partial charge in [-0.1, -0.05) is 49.3 Å². The van der Waals surface area contributed by atoms with E-state index in [1.54, 1.807) is 0 Å². The lowest BCUT2D eigenvalue weighted by atomic mass is 9.60. The number of hydrogen-bond donors (Lipinski definition) is 2. The van der Waals surface area contributed by atoms with E-state index in [-0.39, 0.29) is 31.3 Å². The van der Waals surface area contributed by atoms with Gasteiger partial charge in [0, 0.05) is 5.94 Å². The van der Waals surface area contributed by atoms with E-state index >= 15 is 0 Å². The molecule has 1 amide bonds. The summed E-state index contributed by atoms with van der Waals surface area (Å²) in [6.07, 6.45) is 5.12. The van der Waals surface area contributed by atoms with Crippen LogP contribution >= 0.6 is 0 Å². The zero-order valence-electron chi connectivity index (χ0n) is 13.3. The normalized spacial score (nSPS) is 22.7. The van der Waals surface area contributed by atoms with Crippen molar-refractivity contribution in [1.29, 1.82) is 0 Å². The Balaban J connectivity index is 1.92. The standard InChI is InChI=1S/C17H22BNO4/c1-18-15(10-6-5-9-14(23-18)12-17(21)22)19-16(20)11-13-7-3-2-4-8-13/h2-8,14-15H,9-12H2,1H3,(H,19,20)(H,21,22)/b6-5-/t14-,15-/m0/s1. The Morgan fingerprint density at radius 2 is 1.96 bits per heavy atom. The van der Waals surface area contributed by atoms with Crippen LogP contribution in [0.1, 0.15) is 24.8 Å². The van der Waals surface area contributed by atoms with Gasteiger partial charge in [-0.2, -0.15) is 0 Å². The summed E-state index contributed by atoms with van der Waals surface area (Å²) in [5.74, 6) is -1.08. The molecule has 122 valence electrons. The van der Waals surface area contributed by atoms with Crippen LogP contribution in [0.15, 0.2) is 42.5 Å². The largest absolute Gasteiger partial charge is 0.481 e. The highest BCUT2D eigenvalue weighted by atomic mass is 16.5. The zero-order valence-corrected chi connectivity index (χ0v) is 13.3. The van der Waals surface area contributed by atoms with Gasteiger partial charge in [0.05, 0.1) is 18.9 Å². The number of carboxylic acids is 1. The second-order valence-electron chi connectivity index (χ2n) is 5.84. The Kier molecular flexibility index (Phi) is 6.41. The van der Waals surface area contributed by atoms with Crippen LogP contribution in [0.4, 0.5) is 0 Å². The number of amides is 1. The second-order valence-corrected chi connectivity index (χ2v) is 5.84. The fourth-order valence-corrected chi connectivity index (χ4v) is 2.68. The SMILES string of the molecule is CB1O[C@H](CC(=O)O)C/C=C\C[C@@H]1NC(=O)Cc1ccccc1. The molecule has 0 aliphatic carbocycles. The summed E-state index contributed by atoms with van der Waals surface area (Å²) in [7, 11) is 0. The monoisotopic (exact) mass is 315 g/mol. The highest BCUT2D eigenvalue weighted by Gasteiger charge is 2.28. The van der Waals surface area contributed by atoms with E-state index in [1.807, 2.05) is 49.3 Å². The highest BCUT2D eigenvalue weighted by molar-refractivity contribution is 6.52. The Morgan fingerprint density at radius 1 is 1.26 bits per heavy atom. The number of carbonyl (C=O) groups is 2. The van der Waals surface area contributed by atoms with Crippen molar-refractivity contribution in [2.45, 2.75) is 44.6 Å². The molecule has 6 heteroatoms. The first-order valence-corrected chi connectivity index (χ1v) is 7.90. The highest BCUT2D eigenvalue weighted by Crippen LogP contribution is 2.15. The third-order valence-electron chi connectivity index (χ3n) is 3.89. The molecule has 1 heterocycles. The quantitative estimate of drug-likeness (QED) is 0.644. The van der Waals surface area contributed by atoms with Crippen LogP contribution in [-0.2, 0) is 20.7 Å². The van der Waals surface area contributed by atoms with Crippen LogP contribution in [-0.4, -0.2) is 35.9 Å². The molecule has 5 nitrogen and oxygen atoms in total. The van der Waals surface area contributed by atoms with E-state index in [9.17, 15) is 9.59 Å². The number of benzene rings is 1. The van der Waals surface area contributed by atoms with Crippen molar-refractivity contribution in [1.82, 2.24) is 5.32 Å². The first-order chi connectivity index (χ1) is 11.0. The van der Waals surface area contributed by atoms with E-state index in [2.05, 4.69) is 5.32 Å². The number of aliphatic carboxylic acids is 1. The van der Waals surface area contributed by atoms with Gasteiger partial charge in [0.15, 0.2) is 0 Å². The van der Waals surface area contributed by atoms with Gasteiger partial charge in [-0.05, 0) is 18.4 Å². The molecule has 0 bridgehead atoms. The van der Waals surface area contributed by atoms with Gasteiger partial charge >= 0.3 is 12.9 Å². The lowest BCUT2D eigenvalue weighted by Gasteiger charge is -2.27. The smallest absolute Gasteiger partial charge is 0.313 e. The molecule has 0 saturated heterocycles. The molecule has 0 unspecified atom stereocenters. The molecular weight excluding hydrogens is 293 g/mol. The molecule has 1 aliphatic heterocycles. The van der Waals surface area contributed by atoms with Gasteiger partial charge in [-0.25, -0.2) is 0 Å². The molecule has 1 aromatic carbocycles. The van der Waals surface area contributed by atoms with Crippen molar-refractivity contribution in [3.05, 3.63) is 48.0 Å². The van der Waals surface area contributed by atoms with Gasteiger partial charge in [-0.15, -0.1) is 0 Å². The molecule has 2 N–H and O–H groups in total. The van der Waals surface area contributed by atoms with E-state index in [0.29, 0.717) is 19.3 Å².